The van der Waals surface area contributed by atoms with Crippen molar-refractivity contribution in [2.24, 2.45) is 5.92 Å². The number of piperidine rings is 3. The van der Waals surface area contributed by atoms with E-state index in [1.54, 1.807) is 42.7 Å². The minimum atomic E-state index is -0.0263. The lowest BCUT2D eigenvalue weighted by molar-refractivity contribution is 0.0217. The van der Waals surface area contributed by atoms with E-state index in [9.17, 15) is 4.79 Å². The summed E-state index contributed by atoms with van der Waals surface area (Å²) in [5, 5.41) is 3.74. The van der Waals surface area contributed by atoms with Crippen LogP contribution in [0.4, 0.5) is 0 Å². The van der Waals surface area contributed by atoms with Gasteiger partial charge in [0.05, 0.1) is 11.2 Å². The number of aromatic nitrogens is 1. The molecule has 2 unspecified atom stereocenters. The predicted octanol–water partition coefficient (Wildman–Crippen LogP) is 3.74. The number of halogens is 1. The van der Waals surface area contributed by atoms with Gasteiger partial charge in [-0.3, -0.25) is 14.7 Å². The number of pyridine rings is 1. The van der Waals surface area contributed by atoms with Crippen LogP contribution in [0, 0.1) is 5.92 Å². The number of rotatable bonds is 4. The number of hydrogen-bond donors (Lipinski definition) is 1. The third kappa shape index (κ3) is 3.41. The Morgan fingerprint density at radius 2 is 1.96 bits per heavy atom. The number of amides is 1. The highest BCUT2D eigenvalue weighted by atomic mass is 35.5. The van der Waals surface area contributed by atoms with Crippen LogP contribution in [-0.2, 0) is 0 Å². The summed E-state index contributed by atoms with van der Waals surface area (Å²) in [6.45, 7) is 4.52. The summed E-state index contributed by atoms with van der Waals surface area (Å²) in [5.41, 5.74) is 0.637. The molecule has 2 bridgehead atoms. The first-order chi connectivity index (χ1) is 12.6. The van der Waals surface area contributed by atoms with E-state index >= 15 is 0 Å². The fraction of sp³-hybridized carbons (Fsp3) is 0.400. The molecule has 0 aliphatic carbocycles. The average Bonchev–Trinajstić information content (AvgIpc) is 2.67. The summed E-state index contributed by atoms with van der Waals surface area (Å²) in [5.74, 6) is 1.68. The second-order valence-electron chi connectivity index (χ2n) is 7.05. The average molecular weight is 372 g/mol. The third-order valence-electron chi connectivity index (χ3n) is 5.55. The van der Waals surface area contributed by atoms with Crippen LogP contribution in [0.1, 0.15) is 30.1 Å². The molecule has 0 radical (unpaired) electrons. The Labute approximate surface area is 158 Å². The van der Waals surface area contributed by atoms with Crippen molar-refractivity contribution in [3.63, 3.8) is 0 Å². The van der Waals surface area contributed by atoms with Crippen LogP contribution in [0.2, 0.25) is 5.02 Å². The van der Waals surface area contributed by atoms with Gasteiger partial charge >= 0.3 is 0 Å². The number of ether oxygens (including phenoxy) is 1. The van der Waals surface area contributed by atoms with Crippen molar-refractivity contribution in [1.82, 2.24) is 15.2 Å². The van der Waals surface area contributed by atoms with E-state index in [0.717, 1.165) is 13.1 Å². The van der Waals surface area contributed by atoms with E-state index in [-0.39, 0.29) is 11.9 Å². The van der Waals surface area contributed by atoms with Crippen molar-refractivity contribution in [3.8, 4) is 11.5 Å². The number of carbonyl (C=O) groups excluding carboxylic acids is 1. The Balaban J connectivity index is 1.42. The molecule has 1 amide bonds. The molecule has 0 spiro atoms. The fourth-order valence-electron chi connectivity index (χ4n) is 4.02. The topological polar surface area (TPSA) is 54.5 Å². The Kier molecular flexibility index (Phi) is 4.83. The molecule has 5 rings (SSSR count). The number of fused-ring (bicyclic) bond motifs is 3. The summed E-state index contributed by atoms with van der Waals surface area (Å²) in [4.78, 5) is 19.1. The van der Waals surface area contributed by atoms with Gasteiger partial charge in [0.1, 0.15) is 5.75 Å². The lowest BCUT2D eigenvalue weighted by Gasteiger charge is -2.49. The summed E-state index contributed by atoms with van der Waals surface area (Å²) in [6, 6.07) is 9.42. The molecule has 1 aromatic carbocycles. The van der Waals surface area contributed by atoms with Crippen LogP contribution in [0.15, 0.2) is 42.7 Å². The summed E-state index contributed by atoms with van der Waals surface area (Å²) in [6.07, 6.45) is 5.53. The summed E-state index contributed by atoms with van der Waals surface area (Å²) < 4.78 is 5.72. The van der Waals surface area contributed by atoms with Crippen molar-refractivity contribution >= 4 is 17.5 Å². The molecule has 3 aliphatic rings. The molecule has 136 valence electrons. The molecule has 3 fully saturated rings. The van der Waals surface area contributed by atoms with Crippen LogP contribution >= 0.6 is 11.6 Å². The highest BCUT2D eigenvalue weighted by molar-refractivity contribution is 6.32. The zero-order valence-corrected chi connectivity index (χ0v) is 15.4. The van der Waals surface area contributed by atoms with Gasteiger partial charge in [0, 0.05) is 23.8 Å². The van der Waals surface area contributed by atoms with Gasteiger partial charge in [-0.2, -0.15) is 0 Å². The van der Waals surface area contributed by atoms with Gasteiger partial charge in [-0.05, 0) is 69.1 Å². The van der Waals surface area contributed by atoms with Crippen LogP contribution in [0.5, 0.6) is 11.5 Å². The van der Waals surface area contributed by atoms with Crippen LogP contribution in [0.3, 0.4) is 0 Å². The SMILES string of the molecule is CC1C(NC(=O)c2ccc(Oc3cnccc3Cl)cc2)C2CCN1CC2. The van der Waals surface area contributed by atoms with Crippen molar-refractivity contribution in [1.29, 1.82) is 0 Å². The Hall–Kier alpha value is -2.11. The van der Waals surface area contributed by atoms with Crippen LogP contribution in [-0.4, -0.2) is 41.0 Å². The number of nitrogens with zero attached hydrogens (tertiary/aromatic N) is 2. The van der Waals surface area contributed by atoms with Crippen molar-refractivity contribution in [3.05, 3.63) is 53.3 Å². The van der Waals surface area contributed by atoms with E-state index < -0.39 is 0 Å². The first-order valence-corrected chi connectivity index (χ1v) is 9.42. The van der Waals surface area contributed by atoms with E-state index in [2.05, 4.69) is 22.1 Å². The maximum Gasteiger partial charge on any atom is 0.251 e. The smallest absolute Gasteiger partial charge is 0.251 e. The molecule has 2 aromatic rings. The molecule has 26 heavy (non-hydrogen) atoms. The maximum absolute atomic E-state index is 12.7. The molecule has 3 aliphatic heterocycles. The van der Waals surface area contributed by atoms with Gasteiger partial charge in [-0.25, -0.2) is 0 Å². The lowest BCUT2D eigenvalue weighted by Crippen LogP contribution is -2.62. The molecular formula is C20H22ClN3O2. The molecule has 4 heterocycles. The lowest BCUT2D eigenvalue weighted by atomic mass is 9.79. The maximum atomic E-state index is 12.7. The molecule has 0 saturated carbocycles. The summed E-state index contributed by atoms with van der Waals surface area (Å²) in [7, 11) is 0. The molecule has 1 aromatic heterocycles. The molecule has 6 heteroatoms. The monoisotopic (exact) mass is 371 g/mol. The number of carbonyl (C=O) groups is 1. The Morgan fingerprint density at radius 3 is 2.62 bits per heavy atom. The number of hydrogen-bond acceptors (Lipinski definition) is 4. The Morgan fingerprint density at radius 1 is 1.23 bits per heavy atom. The third-order valence-corrected chi connectivity index (χ3v) is 5.87. The Bertz CT molecular complexity index is 786. The predicted molar refractivity (Wildman–Crippen MR) is 101 cm³/mol. The highest BCUT2D eigenvalue weighted by Crippen LogP contribution is 2.32. The quantitative estimate of drug-likeness (QED) is 0.889. The minimum Gasteiger partial charge on any atom is -0.454 e. The second kappa shape index (κ2) is 7.25. The van der Waals surface area contributed by atoms with Gasteiger partial charge in [-0.1, -0.05) is 11.6 Å². The van der Waals surface area contributed by atoms with Gasteiger partial charge in [0.15, 0.2) is 5.75 Å². The van der Waals surface area contributed by atoms with Gasteiger partial charge in [0.2, 0.25) is 0 Å². The van der Waals surface area contributed by atoms with Crippen LogP contribution in [0.25, 0.3) is 0 Å². The molecular weight excluding hydrogens is 350 g/mol. The van der Waals surface area contributed by atoms with Gasteiger partial charge < -0.3 is 10.1 Å². The zero-order chi connectivity index (χ0) is 18.1. The first-order valence-electron chi connectivity index (χ1n) is 9.04. The first kappa shape index (κ1) is 17.3. The summed E-state index contributed by atoms with van der Waals surface area (Å²) >= 11 is 6.08. The van der Waals surface area contributed by atoms with Crippen molar-refractivity contribution in [2.75, 3.05) is 13.1 Å². The van der Waals surface area contributed by atoms with E-state index in [0.29, 0.717) is 34.0 Å². The fourth-order valence-corrected chi connectivity index (χ4v) is 4.16. The highest BCUT2D eigenvalue weighted by Gasteiger charge is 2.40. The minimum absolute atomic E-state index is 0.0263. The molecule has 2 atom stereocenters. The zero-order valence-electron chi connectivity index (χ0n) is 14.7. The van der Waals surface area contributed by atoms with Crippen LogP contribution < -0.4 is 10.1 Å². The largest absolute Gasteiger partial charge is 0.454 e. The molecule has 3 saturated heterocycles. The van der Waals surface area contributed by atoms with Crippen molar-refractivity contribution < 1.29 is 9.53 Å². The number of benzene rings is 1. The molecule has 1 N–H and O–H groups in total. The van der Waals surface area contributed by atoms with Gasteiger partial charge in [-0.15, -0.1) is 0 Å². The van der Waals surface area contributed by atoms with Crippen molar-refractivity contribution in [2.45, 2.75) is 31.8 Å². The standard InChI is InChI=1S/C20H22ClN3O2/c1-13-19(14-7-10-24(13)11-8-14)23-20(25)15-2-4-16(5-3-15)26-18-12-22-9-6-17(18)21/h2-6,9,12-14,19H,7-8,10-11H2,1H3,(H,23,25). The van der Waals surface area contributed by atoms with Gasteiger partial charge in [0.25, 0.3) is 5.91 Å². The molecule has 5 nitrogen and oxygen atoms in total. The normalized spacial score (nSPS) is 27.2. The van der Waals surface area contributed by atoms with E-state index in [1.807, 2.05) is 0 Å². The van der Waals surface area contributed by atoms with E-state index in [1.165, 1.54) is 12.8 Å². The second-order valence-corrected chi connectivity index (χ2v) is 7.45. The number of nitrogens with one attached hydrogen (secondary N) is 1. The van der Waals surface area contributed by atoms with E-state index in [4.69, 9.17) is 16.3 Å².